The van der Waals surface area contributed by atoms with Gasteiger partial charge in [0.1, 0.15) is 5.82 Å². The number of rotatable bonds is 5. The second-order valence-electron chi connectivity index (χ2n) is 7.92. The van der Waals surface area contributed by atoms with Crippen molar-refractivity contribution in [3.63, 3.8) is 0 Å². The Kier molecular flexibility index (Phi) is 4.94. The lowest BCUT2D eigenvalue weighted by Crippen LogP contribution is -2.48. The molecule has 2 aromatic rings. The third kappa shape index (κ3) is 3.02. The Bertz CT molecular complexity index is 1130. The third-order valence-electron chi connectivity index (χ3n) is 6.10. The van der Waals surface area contributed by atoms with Gasteiger partial charge in [-0.2, -0.15) is 0 Å². The zero-order chi connectivity index (χ0) is 21.8. The van der Waals surface area contributed by atoms with E-state index in [9.17, 15) is 29.0 Å². The maximum atomic E-state index is 14.1. The number of hydrogen-bond acceptors (Lipinski definition) is 5. The predicted molar refractivity (Wildman–Crippen MR) is 107 cm³/mol. The summed E-state index contributed by atoms with van der Waals surface area (Å²) in [5, 5.41) is 20.0. The lowest BCUT2D eigenvalue weighted by atomic mass is 10.00. The minimum absolute atomic E-state index is 0.0270. The Labute approximate surface area is 176 Å². The maximum Gasteiger partial charge on any atom is 0.274 e. The number of pyridine rings is 1. The number of Topliss-reactive ketones (excluding diaryl/α,β-unsaturated/α-hetero) is 1. The van der Waals surface area contributed by atoms with Crippen molar-refractivity contribution >= 4 is 23.3 Å². The molecule has 7 nitrogen and oxygen atoms in total. The van der Waals surface area contributed by atoms with Gasteiger partial charge < -0.3 is 19.7 Å². The van der Waals surface area contributed by atoms with Crippen molar-refractivity contribution in [3.8, 4) is 5.75 Å². The number of ketones is 1. The SMILES string of the molecule is CN1C[C@]2(C[C@H]2CO)n2cc(C(=O)CCc3cccc(Cl)c3F)c(=O)c(O)c2C1=O. The molecule has 1 saturated carbocycles. The van der Waals surface area contributed by atoms with Gasteiger partial charge in [0.05, 0.1) is 16.1 Å². The number of aliphatic hydroxyl groups excluding tert-OH is 1. The number of fused-ring (bicyclic) bond motifs is 2. The van der Waals surface area contributed by atoms with Gasteiger partial charge in [-0.3, -0.25) is 14.4 Å². The van der Waals surface area contributed by atoms with E-state index in [1.165, 1.54) is 27.8 Å². The molecule has 1 aliphatic carbocycles. The van der Waals surface area contributed by atoms with E-state index < -0.39 is 34.2 Å². The van der Waals surface area contributed by atoms with Crippen LogP contribution in [0.5, 0.6) is 5.75 Å². The number of benzene rings is 1. The van der Waals surface area contributed by atoms with Gasteiger partial charge in [-0.1, -0.05) is 23.7 Å². The van der Waals surface area contributed by atoms with Crippen LogP contribution in [0.25, 0.3) is 0 Å². The summed E-state index contributed by atoms with van der Waals surface area (Å²) in [4.78, 5) is 39.4. The summed E-state index contributed by atoms with van der Waals surface area (Å²) in [5.74, 6) is -2.66. The highest BCUT2D eigenvalue weighted by atomic mass is 35.5. The number of hydrogen-bond donors (Lipinski definition) is 2. The molecule has 1 aromatic carbocycles. The number of aryl methyl sites for hydroxylation is 1. The molecular weight excluding hydrogens is 415 g/mol. The topological polar surface area (TPSA) is 99.8 Å². The highest BCUT2D eigenvalue weighted by molar-refractivity contribution is 6.30. The van der Waals surface area contributed by atoms with Crippen molar-refractivity contribution in [1.82, 2.24) is 9.47 Å². The summed E-state index contributed by atoms with van der Waals surface area (Å²) in [6.45, 7) is 0.180. The number of nitrogens with zero attached hydrogens (tertiary/aromatic N) is 2. The molecule has 158 valence electrons. The molecule has 4 rings (SSSR count). The molecule has 30 heavy (non-hydrogen) atoms. The van der Waals surface area contributed by atoms with Crippen molar-refractivity contribution in [3.05, 3.63) is 62.3 Å². The number of aliphatic hydroxyl groups is 1. The van der Waals surface area contributed by atoms with E-state index in [0.717, 1.165) is 0 Å². The number of likely N-dealkylation sites (N-methyl/N-ethyl adjacent to an activating group) is 1. The normalized spacial score (nSPS) is 22.3. The molecule has 2 N–H and O–H groups in total. The molecule has 1 amide bonds. The number of amides is 1. The van der Waals surface area contributed by atoms with Gasteiger partial charge in [0.2, 0.25) is 5.43 Å². The van der Waals surface area contributed by atoms with Gasteiger partial charge in [-0.25, -0.2) is 4.39 Å². The van der Waals surface area contributed by atoms with Crippen LogP contribution in [-0.2, 0) is 12.0 Å². The summed E-state index contributed by atoms with van der Waals surface area (Å²) >= 11 is 5.76. The van der Waals surface area contributed by atoms with Crippen molar-refractivity contribution in [2.24, 2.45) is 5.92 Å². The lowest BCUT2D eigenvalue weighted by Gasteiger charge is -2.35. The first-order chi connectivity index (χ1) is 14.2. The zero-order valence-corrected chi connectivity index (χ0v) is 16.9. The highest BCUT2D eigenvalue weighted by Crippen LogP contribution is 2.53. The number of halogens is 2. The molecule has 0 bridgehead atoms. The lowest BCUT2D eigenvalue weighted by molar-refractivity contribution is 0.0672. The van der Waals surface area contributed by atoms with Gasteiger partial charge >= 0.3 is 0 Å². The first-order valence-corrected chi connectivity index (χ1v) is 9.90. The first-order valence-electron chi connectivity index (χ1n) is 9.52. The molecule has 0 saturated heterocycles. The van der Waals surface area contributed by atoms with Gasteiger partial charge in [-0.05, 0) is 24.5 Å². The number of aromatic hydroxyl groups is 1. The molecule has 2 atom stereocenters. The molecular formula is C21H20ClFN2O5. The minimum Gasteiger partial charge on any atom is -0.503 e. The van der Waals surface area contributed by atoms with Crippen molar-refractivity contribution in [1.29, 1.82) is 0 Å². The van der Waals surface area contributed by atoms with Gasteiger partial charge in [-0.15, -0.1) is 0 Å². The quantitative estimate of drug-likeness (QED) is 0.701. The van der Waals surface area contributed by atoms with E-state index >= 15 is 0 Å². The summed E-state index contributed by atoms with van der Waals surface area (Å²) in [6.07, 6.45) is 1.71. The zero-order valence-electron chi connectivity index (χ0n) is 16.2. The van der Waals surface area contributed by atoms with Crippen molar-refractivity contribution < 1.29 is 24.2 Å². The van der Waals surface area contributed by atoms with Crippen molar-refractivity contribution in [2.45, 2.75) is 24.8 Å². The largest absolute Gasteiger partial charge is 0.503 e. The molecule has 1 aromatic heterocycles. The van der Waals surface area contributed by atoms with Crippen LogP contribution in [0.2, 0.25) is 5.02 Å². The Balaban J connectivity index is 1.71. The molecule has 1 fully saturated rings. The van der Waals surface area contributed by atoms with Gasteiger partial charge in [0, 0.05) is 38.7 Å². The summed E-state index contributed by atoms with van der Waals surface area (Å²) in [6, 6.07) is 4.47. The number of carbonyl (C=O) groups is 2. The van der Waals surface area contributed by atoms with Gasteiger partial charge in [0.25, 0.3) is 5.91 Å². The van der Waals surface area contributed by atoms with Crippen LogP contribution in [0, 0.1) is 11.7 Å². The minimum atomic E-state index is -0.933. The van der Waals surface area contributed by atoms with E-state index in [-0.39, 0.29) is 47.2 Å². The summed E-state index contributed by atoms with van der Waals surface area (Å²) in [5.41, 5.74) is -1.79. The van der Waals surface area contributed by atoms with Crippen LogP contribution < -0.4 is 5.43 Å². The fraction of sp³-hybridized carbons (Fsp3) is 0.381. The molecule has 9 heteroatoms. The monoisotopic (exact) mass is 434 g/mol. The van der Waals surface area contributed by atoms with E-state index in [4.69, 9.17) is 11.6 Å². The Morgan fingerprint density at radius 1 is 1.37 bits per heavy atom. The molecule has 1 aliphatic heterocycles. The fourth-order valence-electron chi connectivity index (χ4n) is 4.31. The highest BCUT2D eigenvalue weighted by Gasteiger charge is 2.59. The average Bonchev–Trinajstić information content (AvgIpc) is 3.42. The standard InChI is InChI=1S/C21H20ClFN2O5/c1-24-10-21(7-12(21)9-26)25-8-13(18(28)19(29)17(25)20(24)30)15(27)6-5-11-3-2-4-14(22)16(11)23/h2-4,8,12,26,29H,5-7,9-10H2,1H3/t12-,21-/m0/s1. The van der Waals surface area contributed by atoms with E-state index in [0.29, 0.717) is 13.0 Å². The first kappa shape index (κ1) is 20.6. The van der Waals surface area contributed by atoms with Gasteiger partial charge in [0.15, 0.2) is 17.2 Å². The molecule has 2 heterocycles. The van der Waals surface area contributed by atoms with Crippen LogP contribution in [0.15, 0.2) is 29.2 Å². The second kappa shape index (κ2) is 7.21. The number of carbonyl (C=O) groups excluding carboxylic acids is 2. The Morgan fingerprint density at radius 2 is 2.10 bits per heavy atom. The van der Waals surface area contributed by atoms with Crippen LogP contribution in [0.3, 0.4) is 0 Å². The smallest absolute Gasteiger partial charge is 0.274 e. The van der Waals surface area contributed by atoms with Crippen LogP contribution in [0.1, 0.15) is 39.3 Å². The van der Waals surface area contributed by atoms with Crippen molar-refractivity contribution in [2.75, 3.05) is 20.2 Å². The van der Waals surface area contributed by atoms with Crippen LogP contribution in [0.4, 0.5) is 4.39 Å². The predicted octanol–water partition coefficient (Wildman–Crippen LogP) is 1.95. The summed E-state index contributed by atoms with van der Waals surface area (Å²) < 4.78 is 15.6. The Hall–Kier alpha value is -2.71. The molecule has 0 radical (unpaired) electrons. The Morgan fingerprint density at radius 3 is 2.77 bits per heavy atom. The van der Waals surface area contributed by atoms with E-state index in [1.54, 1.807) is 13.1 Å². The van der Waals surface area contributed by atoms with Crippen LogP contribution in [-0.4, -0.2) is 51.6 Å². The van der Waals surface area contributed by atoms with E-state index in [2.05, 4.69) is 0 Å². The molecule has 1 spiro atoms. The molecule has 2 aliphatic rings. The fourth-order valence-corrected chi connectivity index (χ4v) is 4.50. The third-order valence-corrected chi connectivity index (χ3v) is 6.39. The number of aromatic nitrogens is 1. The van der Waals surface area contributed by atoms with E-state index in [1.807, 2.05) is 0 Å². The molecule has 0 unspecified atom stereocenters. The summed E-state index contributed by atoms with van der Waals surface area (Å²) in [7, 11) is 1.56. The second-order valence-corrected chi connectivity index (χ2v) is 8.33. The maximum absolute atomic E-state index is 14.1. The van der Waals surface area contributed by atoms with Crippen LogP contribution >= 0.6 is 11.6 Å². The average molecular weight is 435 g/mol.